The van der Waals surface area contributed by atoms with E-state index in [-0.39, 0.29) is 55.1 Å². The molecule has 39 heavy (non-hydrogen) atoms. The number of ether oxygens (including phenoxy) is 1. The van der Waals surface area contributed by atoms with Crippen LogP contribution in [-0.2, 0) is 13.0 Å². The molecule has 1 aromatic heterocycles. The van der Waals surface area contributed by atoms with E-state index in [4.69, 9.17) is 4.74 Å². The monoisotopic (exact) mass is 533 g/mol. The smallest absolute Gasteiger partial charge is 0.294 e. The Morgan fingerprint density at radius 2 is 1.69 bits per heavy atom. The van der Waals surface area contributed by atoms with E-state index in [9.17, 15) is 23.5 Å². The van der Waals surface area contributed by atoms with Gasteiger partial charge < -0.3 is 19.7 Å². The Morgan fingerprint density at radius 1 is 1.00 bits per heavy atom. The number of aromatic nitrogens is 2. The Bertz CT molecular complexity index is 1510. The minimum absolute atomic E-state index is 0.0301. The quantitative estimate of drug-likeness (QED) is 0.307. The number of nitrogens with zero attached hydrogens (tertiary/aromatic N) is 2. The van der Waals surface area contributed by atoms with Crippen molar-refractivity contribution < 1.29 is 23.4 Å². The highest BCUT2D eigenvalue weighted by Crippen LogP contribution is 2.29. The third-order valence-electron chi connectivity index (χ3n) is 6.20. The Labute approximate surface area is 224 Å². The number of carbonyl (C=O) groups excluding carboxylic acids is 1. The van der Waals surface area contributed by atoms with Crippen LogP contribution in [0.5, 0.6) is 5.75 Å². The van der Waals surface area contributed by atoms with Crippen molar-refractivity contribution in [3.8, 4) is 16.9 Å². The molecule has 0 atom stereocenters. The van der Waals surface area contributed by atoms with Crippen molar-refractivity contribution in [1.29, 1.82) is 0 Å². The van der Waals surface area contributed by atoms with Crippen molar-refractivity contribution in [2.75, 3.05) is 13.2 Å². The topological polar surface area (TPSA) is 95.5 Å². The molecule has 1 amide bonds. The van der Waals surface area contributed by atoms with Crippen molar-refractivity contribution in [3.63, 3.8) is 0 Å². The summed E-state index contributed by atoms with van der Waals surface area (Å²) < 4.78 is 34.4. The minimum Gasteiger partial charge on any atom is -0.481 e. The van der Waals surface area contributed by atoms with E-state index < -0.39 is 23.1 Å². The zero-order valence-electron chi connectivity index (χ0n) is 21.7. The lowest BCUT2D eigenvalue weighted by Crippen LogP contribution is -2.40. The van der Waals surface area contributed by atoms with Gasteiger partial charge in [-0.05, 0) is 36.6 Å². The number of aliphatic hydroxyl groups is 1. The van der Waals surface area contributed by atoms with Crippen LogP contribution in [0.4, 0.5) is 8.78 Å². The second-order valence-corrected chi connectivity index (χ2v) is 9.22. The molecule has 0 bridgehead atoms. The SMILES string of the molecule is CC(C)N(CCO)C(=O)c1nc(Cc2ccccc2-c2cccc(F)c2F)[nH]c(=O)c1OCc1ccccc1. The van der Waals surface area contributed by atoms with Crippen molar-refractivity contribution in [2.24, 2.45) is 0 Å². The number of aromatic amines is 1. The van der Waals surface area contributed by atoms with Crippen LogP contribution in [-0.4, -0.2) is 45.1 Å². The van der Waals surface area contributed by atoms with Crippen LogP contribution in [0.2, 0.25) is 0 Å². The van der Waals surface area contributed by atoms with Crippen LogP contribution < -0.4 is 10.3 Å². The fraction of sp³-hybridized carbons (Fsp3) is 0.233. The molecule has 0 saturated heterocycles. The number of halogens is 2. The van der Waals surface area contributed by atoms with E-state index in [1.54, 1.807) is 38.1 Å². The highest BCUT2D eigenvalue weighted by Gasteiger charge is 2.27. The van der Waals surface area contributed by atoms with Crippen molar-refractivity contribution in [1.82, 2.24) is 14.9 Å². The zero-order chi connectivity index (χ0) is 27.9. The van der Waals surface area contributed by atoms with Gasteiger partial charge in [0.2, 0.25) is 5.75 Å². The maximum absolute atomic E-state index is 14.6. The molecule has 1 heterocycles. The number of hydrogen-bond acceptors (Lipinski definition) is 5. The van der Waals surface area contributed by atoms with E-state index >= 15 is 0 Å². The number of H-pyrrole nitrogens is 1. The van der Waals surface area contributed by atoms with Crippen LogP contribution in [0.15, 0.2) is 77.6 Å². The molecule has 4 aromatic rings. The van der Waals surface area contributed by atoms with E-state index in [1.165, 1.54) is 17.0 Å². The van der Waals surface area contributed by atoms with Gasteiger partial charge in [-0.3, -0.25) is 9.59 Å². The van der Waals surface area contributed by atoms with E-state index in [2.05, 4.69) is 9.97 Å². The molecule has 4 rings (SSSR count). The summed E-state index contributed by atoms with van der Waals surface area (Å²) in [5, 5.41) is 9.52. The molecule has 0 fully saturated rings. The van der Waals surface area contributed by atoms with Gasteiger partial charge in [0.25, 0.3) is 11.5 Å². The summed E-state index contributed by atoms with van der Waals surface area (Å²) in [6.45, 7) is 3.38. The average Bonchev–Trinajstić information content (AvgIpc) is 2.93. The molecule has 0 radical (unpaired) electrons. The number of hydrogen-bond donors (Lipinski definition) is 2. The molecule has 3 aromatic carbocycles. The summed E-state index contributed by atoms with van der Waals surface area (Å²) in [4.78, 5) is 35.4. The van der Waals surface area contributed by atoms with Crippen LogP contribution in [0.3, 0.4) is 0 Å². The second kappa shape index (κ2) is 12.4. The van der Waals surface area contributed by atoms with Gasteiger partial charge in [-0.25, -0.2) is 13.8 Å². The van der Waals surface area contributed by atoms with Crippen molar-refractivity contribution in [3.05, 3.63) is 117 Å². The second-order valence-electron chi connectivity index (χ2n) is 9.22. The first-order valence-electron chi connectivity index (χ1n) is 12.5. The largest absolute Gasteiger partial charge is 0.481 e. The fourth-order valence-electron chi connectivity index (χ4n) is 4.27. The van der Waals surface area contributed by atoms with Gasteiger partial charge in [0.15, 0.2) is 17.3 Å². The first-order chi connectivity index (χ1) is 18.8. The van der Waals surface area contributed by atoms with Crippen molar-refractivity contribution in [2.45, 2.75) is 32.9 Å². The summed E-state index contributed by atoms with van der Waals surface area (Å²) in [6, 6.07) is 19.6. The lowest BCUT2D eigenvalue weighted by atomic mass is 9.97. The third-order valence-corrected chi connectivity index (χ3v) is 6.20. The predicted molar refractivity (Wildman–Crippen MR) is 143 cm³/mol. The van der Waals surface area contributed by atoms with Gasteiger partial charge in [0, 0.05) is 24.6 Å². The number of benzene rings is 3. The standard InChI is InChI=1S/C30H29F2N3O4/c1-19(2)35(15-16-36)30(38)27-28(39-18-20-9-4-3-5-10-20)29(37)34-25(33-27)17-21-11-6-7-12-22(21)23-13-8-14-24(31)26(23)32/h3-14,19,36H,15-18H2,1-2H3,(H,33,34,37). The molecule has 7 nitrogen and oxygen atoms in total. The van der Waals surface area contributed by atoms with E-state index in [0.29, 0.717) is 11.1 Å². The first kappa shape index (κ1) is 27.7. The maximum Gasteiger partial charge on any atom is 0.294 e. The molecule has 2 N–H and O–H groups in total. The molecule has 0 aliphatic heterocycles. The molecule has 0 aliphatic carbocycles. The summed E-state index contributed by atoms with van der Waals surface area (Å²) in [7, 11) is 0. The average molecular weight is 534 g/mol. The summed E-state index contributed by atoms with van der Waals surface area (Å²) in [5.41, 5.74) is 1.02. The van der Waals surface area contributed by atoms with Crippen LogP contribution in [0.1, 0.15) is 41.3 Å². The van der Waals surface area contributed by atoms with Crippen LogP contribution >= 0.6 is 0 Å². The summed E-state index contributed by atoms with van der Waals surface area (Å²) >= 11 is 0. The minimum atomic E-state index is -0.983. The van der Waals surface area contributed by atoms with Gasteiger partial charge in [-0.1, -0.05) is 66.7 Å². The number of aliphatic hydroxyl groups excluding tert-OH is 1. The lowest BCUT2D eigenvalue weighted by Gasteiger charge is -2.26. The molecule has 0 spiro atoms. The van der Waals surface area contributed by atoms with Gasteiger partial charge in [0.1, 0.15) is 12.4 Å². The Balaban J connectivity index is 1.76. The molecular weight excluding hydrogens is 504 g/mol. The Kier molecular flexibility index (Phi) is 8.83. The maximum atomic E-state index is 14.6. The third kappa shape index (κ3) is 6.38. The summed E-state index contributed by atoms with van der Waals surface area (Å²) in [6.07, 6.45) is 0.0301. The lowest BCUT2D eigenvalue weighted by molar-refractivity contribution is 0.0653. The van der Waals surface area contributed by atoms with Crippen LogP contribution in [0.25, 0.3) is 11.1 Å². The Hall–Kier alpha value is -4.37. The number of amides is 1. The molecule has 0 saturated carbocycles. The van der Waals surface area contributed by atoms with Gasteiger partial charge >= 0.3 is 0 Å². The van der Waals surface area contributed by atoms with Crippen LogP contribution in [0, 0.1) is 11.6 Å². The Morgan fingerprint density at radius 3 is 2.41 bits per heavy atom. The van der Waals surface area contributed by atoms with Gasteiger partial charge in [0.05, 0.1) is 6.61 Å². The van der Waals surface area contributed by atoms with E-state index in [0.717, 1.165) is 11.6 Å². The molecule has 0 aliphatic rings. The van der Waals surface area contributed by atoms with Crippen molar-refractivity contribution >= 4 is 5.91 Å². The predicted octanol–water partition coefficient (Wildman–Crippen LogP) is 4.73. The fourth-order valence-corrected chi connectivity index (χ4v) is 4.27. The highest BCUT2D eigenvalue weighted by molar-refractivity contribution is 5.95. The number of carbonyl (C=O) groups is 1. The first-order valence-corrected chi connectivity index (χ1v) is 12.5. The normalized spacial score (nSPS) is 11.0. The van der Waals surface area contributed by atoms with Gasteiger partial charge in [-0.2, -0.15) is 0 Å². The zero-order valence-corrected chi connectivity index (χ0v) is 21.7. The van der Waals surface area contributed by atoms with Gasteiger partial charge in [-0.15, -0.1) is 0 Å². The summed E-state index contributed by atoms with van der Waals surface area (Å²) in [5.74, 6) is -2.62. The van der Waals surface area contributed by atoms with E-state index in [1.807, 2.05) is 30.3 Å². The number of rotatable bonds is 10. The molecule has 202 valence electrons. The molecular formula is C30H29F2N3O4. The molecule has 0 unspecified atom stereocenters. The molecule has 9 heteroatoms. The number of nitrogens with one attached hydrogen (secondary N) is 1. The highest BCUT2D eigenvalue weighted by atomic mass is 19.2.